The number of hydrogen-bond acceptors (Lipinski definition) is 5. The lowest BCUT2D eigenvalue weighted by molar-refractivity contribution is -0.114. The number of amidine groups is 2. The van der Waals surface area contributed by atoms with Crippen LogP contribution in [0.5, 0.6) is 11.5 Å². The molecule has 37 heavy (non-hydrogen) atoms. The van der Waals surface area contributed by atoms with Gasteiger partial charge in [-0.3, -0.25) is 15.1 Å². The minimum atomic E-state index is -0.455. The molecule has 0 aromatic heterocycles. The largest absolute Gasteiger partial charge is 0.490 e. The highest BCUT2D eigenvalue weighted by Crippen LogP contribution is 2.40. The number of nitrogens with one attached hydrogen (secondary N) is 1. The van der Waals surface area contributed by atoms with Gasteiger partial charge in [0, 0.05) is 10.4 Å². The van der Waals surface area contributed by atoms with Crippen LogP contribution in [-0.2, 0) is 11.4 Å². The first kappa shape index (κ1) is 25.3. The van der Waals surface area contributed by atoms with E-state index in [4.69, 9.17) is 26.5 Å². The lowest BCUT2D eigenvalue weighted by atomic mass is 10.1. The molecule has 3 aromatic carbocycles. The molecule has 2 heterocycles. The number of nitrogens with zero attached hydrogens (tertiary/aromatic N) is 2. The molecule has 6 nitrogen and oxygen atoms in total. The van der Waals surface area contributed by atoms with Gasteiger partial charge in [0.25, 0.3) is 5.91 Å². The van der Waals surface area contributed by atoms with E-state index in [0.29, 0.717) is 44.9 Å². The number of aliphatic imine (C=N–C) groups is 1. The SMILES string of the molecule is CCOc1cc(C=C2C(=N)N3C(c4ccccc4)=CSC3=NC2=O)cc(Br)c1OCc1ccc(Cl)cc1. The summed E-state index contributed by atoms with van der Waals surface area (Å²) in [5.41, 5.74) is 3.60. The second kappa shape index (κ2) is 11.0. The summed E-state index contributed by atoms with van der Waals surface area (Å²) in [6.45, 7) is 2.65. The summed E-state index contributed by atoms with van der Waals surface area (Å²) in [4.78, 5) is 18.9. The molecule has 2 aliphatic heterocycles. The highest BCUT2D eigenvalue weighted by molar-refractivity contribution is 9.10. The predicted octanol–water partition coefficient (Wildman–Crippen LogP) is 7.38. The van der Waals surface area contributed by atoms with Gasteiger partial charge >= 0.3 is 0 Å². The first-order chi connectivity index (χ1) is 17.9. The summed E-state index contributed by atoms with van der Waals surface area (Å²) >= 11 is 10.9. The molecule has 5 rings (SSSR count). The Hall–Kier alpha value is -3.33. The molecule has 3 aromatic rings. The molecule has 0 bridgehead atoms. The smallest absolute Gasteiger partial charge is 0.283 e. The Balaban J connectivity index is 1.45. The molecule has 2 aliphatic rings. The van der Waals surface area contributed by atoms with Crippen LogP contribution in [0.15, 0.2) is 87.2 Å². The number of carbonyl (C=O) groups excluding carboxylic acids is 1. The van der Waals surface area contributed by atoms with Gasteiger partial charge in [-0.15, -0.1) is 0 Å². The second-order valence-corrected chi connectivity index (χ2v) is 10.2. The molecule has 0 spiro atoms. The van der Waals surface area contributed by atoms with E-state index in [0.717, 1.165) is 16.8 Å². The van der Waals surface area contributed by atoms with Crippen LogP contribution in [0.25, 0.3) is 11.8 Å². The molecule has 0 unspecified atom stereocenters. The van der Waals surface area contributed by atoms with E-state index in [1.54, 1.807) is 17.0 Å². The lowest BCUT2D eigenvalue weighted by Crippen LogP contribution is -2.38. The first-order valence-electron chi connectivity index (χ1n) is 11.4. The van der Waals surface area contributed by atoms with Crippen molar-refractivity contribution in [3.8, 4) is 11.5 Å². The third kappa shape index (κ3) is 5.37. The maximum atomic E-state index is 12.9. The summed E-state index contributed by atoms with van der Waals surface area (Å²) in [6.07, 6.45) is 1.66. The fourth-order valence-corrected chi connectivity index (χ4v) is 5.48. The number of hydrogen-bond donors (Lipinski definition) is 1. The van der Waals surface area contributed by atoms with Crippen molar-refractivity contribution in [3.63, 3.8) is 0 Å². The molecule has 1 amide bonds. The van der Waals surface area contributed by atoms with E-state index in [-0.39, 0.29) is 11.4 Å². The summed E-state index contributed by atoms with van der Waals surface area (Å²) in [7, 11) is 0. The number of ether oxygens (including phenoxy) is 2. The zero-order valence-electron chi connectivity index (χ0n) is 19.7. The van der Waals surface area contributed by atoms with Crippen LogP contribution in [0, 0.1) is 5.41 Å². The van der Waals surface area contributed by atoms with Gasteiger partial charge in [0.2, 0.25) is 0 Å². The average molecular weight is 595 g/mol. The topological polar surface area (TPSA) is 75.0 Å². The van der Waals surface area contributed by atoms with E-state index < -0.39 is 5.91 Å². The molecule has 186 valence electrons. The van der Waals surface area contributed by atoms with E-state index in [1.165, 1.54) is 11.8 Å². The number of amides is 1. The molecular formula is C28H21BrClN3O3S. The number of thioether (sulfide) groups is 1. The molecule has 9 heteroatoms. The fourth-order valence-electron chi connectivity index (χ4n) is 3.89. The summed E-state index contributed by atoms with van der Waals surface area (Å²) in [6, 6.07) is 20.8. The van der Waals surface area contributed by atoms with Crippen LogP contribution >= 0.6 is 39.3 Å². The van der Waals surface area contributed by atoms with E-state index in [9.17, 15) is 4.79 Å². The maximum Gasteiger partial charge on any atom is 0.283 e. The minimum Gasteiger partial charge on any atom is -0.490 e. The molecule has 0 radical (unpaired) electrons. The zero-order valence-corrected chi connectivity index (χ0v) is 22.9. The van der Waals surface area contributed by atoms with Gasteiger partial charge in [-0.25, -0.2) is 0 Å². The molecule has 1 N–H and O–H groups in total. The fraction of sp³-hybridized carbons (Fsp3) is 0.107. The molecule has 0 atom stereocenters. The van der Waals surface area contributed by atoms with Crippen molar-refractivity contribution < 1.29 is 14.3 Å². The van der Waals surface area contributed by atoms with Crippen molar-refractivity contribution in [2.24, 2.45) is 4.99 Å². The zero-order chi connectivity index (χ0) is 25.9. The van der Waals surface area contributed by atoms with Gasteiger partial charge < -0.3 is 9.47 Å². The van der Waals surface area contributed by atoms with Gasteiger partial charge in [-0.1, -0.05) is 65.8 Å². The van der Waals surface area contributed by atoms with Gasteiger partial charge in [0.15, 0.2) is 16.7 Å². The highest BCUT2D eigenvalue weighted by Gasteiger charge is 2.36. The summed E-state index contributed by atoms with van der Waals surface area (Å²) in [5, 5.41) is 11.9. The summed E-state index contributed by atoms with van der Waals surface area (Å²) in [5.74, 6) is 0.698. The summed E-state index contributed by atoms with van der Waals surface area (Å²) < 4.78 is 12.6. The Morgan fingerprint density at radius 2 is 1.86 bits per heavy atom. The van der Waals surface area contributed by atoms with Crippen LogP contribution in [-0.4, -0.2) is 28.4 Å². The van der Waals surface area contributed by atoms with Crippen molar-refractivity contribution in [1.29, 1.82) is 5.41 Å². The quantitative estimate of drug-likeness (QED) is 0.289. The van der Waals surface area contributed by atoms with Crippen molar-refractivity contribution in [1.82, 2.24) is 4.90 Å². The van der Waals surface area contributed by atoms with Crippen molar-refractivity contribution in [3.05, 3.63) is 104 Å². The number of fused-ring (bicyclic) bond motifs is 1. The van der Waals surface area contributed by atoms with Gasteiger partial charge in [-0.05, 0) is 69.9 Å². The van der Waals surface area contributed by atoms with Crippen LogP contribution in [0.4, 0.5) is 0 Å². The second-order valence-electron chi connectivity index (χ2n) is 8.11. The van der Waals surface area contributed by atoms with Gasteiger partial charge in [0.1, 0.15) is 12.4 Å². The van der Waals surface area contributed by atoms with Gasteiger partial charge in [0.05, 0.1) is 22.3 Å². The molecular weight excluding hydrogens is 574 g/mol. The average Bonchev–Trinajstić information content (AvgIpc) is 3.32. The van der Waals surface area contributed by atoms with E-state index >= 15 is 0 Å². The predicted molar refractivity (Wildman–Crippen MR) is 153 cm³/mol. The number of halogens is 2. The highest BCUT2D eigenvalue weighted by atomic mass is 79.9. The van der Waals surface area contributed by atoms with Crippen molar-refractivity contribution in [2.75, 3.05) is 6.61 Å². The number of benzene rings is 3. The minimum absolute atomic E-state index is 0.0762. The van der Waals surface area contributed by atoms with E-state index in [2.05, 4.69) is 20.9 Å². The normalized spacial score (nSPS) is 16.0. The maximum absolute atomic E-state index is 12.9. The Morgan fingerprint density at radius 3 is 2.59 bits per heavy atom. The van der Waals surface area contributed by atoms with E-state index in [1.807, 2.05) is 73.0 Å². The van der Waals surface area contributed by atoms with Crippen LogP contribution in [0.3, 0.4) is 0 Å². The Labute approximate surface area is 232 Å². The number of carbonyl (C=O) groups is 1. The van der Waals surface area contributed by atoms with Crippen LogP contribution in [0.2, 0.25) is 5.02 Å². The van der Waals surface area contributed by atoms with Crippen LogP contribution in [0.1, 0.15) is 23.6 Å². The Bertz CT molecular complexity index is 1470. The standard InChI is InChI=1S/C28H21BrClN3O3S/c1-2-35-24-14-18(13-22(29)25(24)36-15-17-8-10-20(30)11-9-17)12-21-26(31)33-23(19-6-4-3-5-7-19)16-37-28(33)32-27(21)34/h3-14,16,31H,2,15H2,1H3. The Kier molecular flexibility index (Phi) is 7.50. The molecule has 0 saturated carbocycles. The van der Waals surface area contributed by atoms with Crippen molar-refractivity contribution in [2.45, 2.75) is 13.5 Å². The first-order valence-corrected chi connectivity index (χ1v) is 13.5. The lowest BCUT2D eigenvalue weighted by Gasteiger charge is -2.27. The van der Waals surface area contributed by atoms with Crippen molar-refractivity contribution >= 4 is 68.0 Å². The number of rotatable bonds is 7. The monoisotopic (exact) mass is 593 g/mol. The van der Waals surface area contributed by atoms with Gasteiger partial charge in [-0.2, -0.15) is 4.99 Å². The third-order valence-corrected chi connectivity index (χ3v) is 7.29. The third-order valence-electron chi connectivity index (χ3n) is 5.62. The molecule has 0 fully saturated rings. The molecule has 0 saturated heterocycles. The Morgan fingerprint density at radius 1 is 1.11 bits per heavy atom. The molecule has 0 aliphatic carbocycles. The van der Waals surface area contributed by atoms with Crippen LogP contribution < -0.4 is 9.47 Å².